The van der Waals surface area contributed by atoms with Crippen molar-refractivity contribution >= 4 is 5.82 Å². The third kappa shape index (κ3) is 5.68. The van der Waals surface area contributed by atoms with E-state index in [9.17, 15) is 13.2 Å². The van der Waals surface area contributed by atoms with Gasteiger partial charge in [0.25, 0.3) is 0 Å². The monoisotopic (exact) mass is 398 g/mol. The van der Waals surface area contributed by atoms with Gasteiger partial charge in [-0.25, -0.2) is 4.98 Å². The molecule has 28 heavy (non-hydrogen) atoms. The van der Waals surface area contributed by atoms with Crippen molar-refractivity contribution in [1.29, 1.82) is 0 Å². The zero-order chi connectivity index (χ0) is 20.7. The molecule has 0 atom stereocenters. The Morgan fingerprint density at radius 1 is 1.11 bits per heavy atom. The van der Waals surface area contributed by atoms with Gasteiger partial charge in [-0.1, -0.05) is 19.8 Å². The molecule has 0 radical (unpaired) electrons. The summed E-state index contributed by atoms with van der Waals surface area (Å²) in [5.41, 5.74) is 1.96. The standard InChI is InChI=1S/C20H25F3N2O3/c1-5-6-7-10-27-17-11-13(2)18(25-19(17)24-3)15-9-8-14(12-16(15)26-4)28-20(21,22)23/h8-9,11-12H,5-7,10H2,1-4H3,(H,24,25). The molecule has 0 aliphatic rings. The number of aromatic nitrogens is 1. The fourth-order valence-corrected chi connectivity index (χ4v) is 2.75. The minimum atomic E-state index is -4.77. The molecule has 1 N–H and O–H groups in total. The van der Waals surface area contributed by atoms with Crippen LogP contribution in [0.3, 0.4) is 0 Å². The van der Waals surface area contributed by atoms with Crippen LogP contribution in [0, 0.1) is 6.92 Å². The number of ether oxygens (including phenoxy) is 3. The number of aryl methyl sites for hydroxylation is 1. The van der Waals surface area contributed by atoms with Gasteiger partial charge in [0.1, 0.15) is 11.5 Å². The van der Waals surface area contributed by atoms with Gasteiger partial charge in [0.05, 0.1) is 19.4 Å². The zero-order valence-electron chi connectivity index (χ0n) is 16.4. The van der Waals surface area contributed by atoms with Gasteiger partial charge in [0, 0.05) is 18.7 Å². The Morgan fingerprint density at radius 2 is 1.86 bits per heavy atom. The van der Waals surface area contributed by atoms with Gasteiger partial charge < -0.3 is 19.5 Å². The van der Waals surface area contributed by atoms with Crippen LogP contribution in [0.4, 0.5) is 19.0 Å². The molecule has 0 unspecified atom stereocenters. The predicted molar refractivity (Wildman–Crippen MR) is 102 cm³/mol. The quantitative estimate of drug-likeness (QED) is 0.559. The van der Waals surface area contributed by atoms with Crippen LogP contribution in [0.15, 0.2) is 24.3 Å². The Balaban J connectivity index is 2.36. The van der Waals surface area contributed by atoms with E-state index in [0.717, 1.165) is 24.8 Å². The van der Waals surface area contributed by atoms with Crippen LogP contribution >= 0.6 is 0 Å². The molecule has 0 aliphatic heterocycles. The fraction of sp³-hybridized carbons (Fsp3) is 0.450. The molecule has 1 aromatic carbocycles. The van der Waals surface area contributed by atoms with Gasteiger partial charge in [-0.15, -0.1) is 13.2 Å². The predicted octanol–water partition coefficient (Wildman–Crippen LogP) is 5.57. The lowest BCUT2D eigenvalue weighted by Gasteiger charge is -2.17. The van der Waals surface area contributed by atoms with Crippen LogP contribution in [-0.2, 0) is 0 Å². The largest absolute Gasteiger partial charge is 0.573 e. The van der Waals surface area contributed by atoms with Crippen molar-refractivity contribution in [3.05, 3.63) is 29.8 Å². The van der Waals surface area contributed by atoms with Crippen molar-refractivity contribution in [2.45, 2.75) is 39.5 Å². The molecule has 0 spiro atoms. The molecule has 154 valence electrons. The molecule has 1 aromatic heterocycles. The minimum Gasteiger partial charge on any atom is -0.496 e. The number of unbranched alkanes of at least 4 members (excludes halogenated alkanes) is 2. The number of nitrogens with one attached hydrogen (secondary N) is 1. The summed E-state index contributed by atoms with van der Waals surface area (Å²) in [6.07, 6.45) is -1.62. The van der Waals surface area contributed by atoms with Gasteiger partial charge in [0.2, 0.25) is 0 Å². The first-order valence-electron chi connectivity index (χ1n) is 9.05. The molecule has 5 nitrogen and oxygen atoms in total. The van der Waals surface area contributed by atoms with Crippen LogP contribution in [0.1, 0.15) is 31.7 Å². The molecule has 0 aliphatic carbocycles. The minimum absolute atomic E-state index is 0.232. The van der Waals surface area contributed by atoms with Crippen molar-refractivity contribution in [2.24, 2.45) is 0 Å². The Kier molecular flexibility index (Phi) is 7.37. The van der Waals surface area contributed by atoms with E-state index in [0.29, 0.717) is 29.4 Å². The van der Waals surface area contributed by atoms with E-state index in [1.807, 2.05) is 13.0 Å². The highest BCUT2D eigenvalue weighted by molar-refractivity contribution is 5.74. The average Bonchev–Trinajstić information content (AvgIpc) is 2.64. The topological polar surface area (TPSA) is 52.6 Å². The highest BCUT2D eigenvalue weighted by Crippen LogP contribution is 2.38. The summed E-state index contributed by atoms with van der Waals surface area (Å²) in [5.74, 6) is 1.07. The molecule has 2 rings (SSSR count). The summed E-state index contributed by atoms with van der Waals surface area (Å²) in [7, 11) is 3.12. The second-order valence-electron chi connectivity index (χ2n) is 6.22. The number of hydrogen-bond acceptors (Lipinski definition) is 5. The Morgan fingerprint density at radius 3 is 2.46 bits per heavy atom. The first kappa shape index (κ1) is 21.7. The van der Waals surface area contributed by atoms with Gasteiger partial charge in [-0.2, -0.15) is 0 Å². The SMILES string of the molecule is CCCCCOc1cc(C)c(-c2ccc(OC(F)(F)F)cc2OC)nc1NC. The summed E-state index contributed by atoms with van der Waals surface area (Å²) >= 11 is 0. The summed E-state index contributed by atoms with van der Waals surface area (Å²) in [6.45, 7) is 4.58. The number of hydrogen-bond donors (Lipinski definition) is 1. The molecule has 2 aromatic rings. The Bertz CT molecular complexity index is 795. The van der Waals surface area contributed by atoms with E-state index >= 15 is 0 Å². The number of benzene rings is 1. The van der Waals surface area contributed by atoms with Crippen molar-refractivity contribution in [2.75, 3.05) is 26.1 Å². The van der Waals surface area contributed by atoms with Crippen molar-refractivity contribution < 1.29 is 27.4 Å². The molecule has 0 saturated heterocycles. The third-order valence-electron chi connectivity index (χ3n) is 4.08. The van der Waals surface area contributed by atoms with Crippen molar-refractivity contribution in [3.63, 3.8) is 0 Å². The number of halogens is 3. The zero-order valence-corrected chi connectivity index (χ0v) is 16.4. The number of pyridine rings is 1. The van der Waals surface area contributed by atoms with E-state index in [-0.39, 0.29) is 11.5 Å². The number of nitrogens with zero attached hydrogens (tertiary/aromatic N) is 1. The maximum atomic E-state index is 12.5. The molecule has 0 fully saturated rings. The summed E-state index contributed by atoms with van der Waals surface area (Å²) in [4.78, 5) is 4.59. The van der Waals surface area contributed by atoms with Gasteiger partial charge in [-0.3, -0.25) is 0 Å². The first-order chi connectivity index (χ1) is 13.3. The lowest BCUT2D eigenvalue weighted by atomic mass is 10.0. The maximum Gasteiger partial charge on any atom is 0.573 e. The van der Waals surface area contributed by atoms with Crippen LogP contribution < -0.4 is 19.5 Å². The smallest absolute Gasteiger partial charge is 0.496 e. The maximum absolute atomic E-state index is 12.5. The van der Waals surface area contributed by atoms with Gasteiger partial charge >= 0.3 is 6.36 Å². The lowest BCUT2D eigenvalue weighted by molar-refractivity contribution is -0.274. The highest BCUT2D eigenvalue weighted by Gasteiger charge is 2.31. The van der Waals surface area contributed by atoms with Crippen LogP contribution in [0.25, 0.3) is 11.3 Å². The Hall–Kier alpha value is -2.64. The molecular formula is C20H25F3N2O3. The van der Waals surface area contributed by atoms with E-state index < -0.39 is 6.36 Å². The van der Waals surface area contributed by atoms with Crippen molar-refractivity contribution in [1.82, 2.24) is 4.98 Å². The van der Waals surface area contributed by atoms with E-state index in [2.05, 4.69) is 22.0 Å². The molecule has 0 amide bonds. The highest BCUT2D eigenvalue weighted by atomic mass is 19.4. The molecule has 8 heteroatoms. The molecule has 0 saturated carbocycles. The van der Waals surface area contributed by atoms with Gasteiger partial charge in [0.15, 0.2) is 11.6 Å². The molecular weight excluding hydrogens is 373 g/mol. The Labute approximate surface area is 162 Å². The van der Waals surface area contributed by atoms with Crippen LogP contribution in [-0.4, -0.2) is 32.1 Å². The fourth-order valence-electron chi connectivity index (χ4n) is 2.75. The van der Waals surface area contributed by atoms with Crippen LogP contribution in [0.5, 0.6) is 17.2 Å². The first-order valence-corrected chi connectivity index (χ1v) is 9.05. The summed E-state index contributed by atoms with van der Waals surface area (Å²) in [5, 5.41) is 3.00. The number of rotatable bonds is 9. The van der Waals surface area contributed by atoms with E-state index in [4.69, 9.17) is 9.47 Å². The van der Waals surface area contributed by atoms with Gasteiger partial charge in [-0.05, 0) is 37.1 Å². The van der Waals surface area contributed by atoms with E-state index in [1.54, 1.807) is 7.05 Å². The van der Waals surface area contributed by atoms with Crippen molar-refractivity contribution in [3.8, 4) is 28.5 Å². The number of anilines is 1. The summed E-state index contributed by atoms with van der Waals surface area (Å²) < 4.78 is 52.4. The lowest BCUT2D eigenvalue weighted by Crippen LogP contribution is -2.17. The number of methoxy groups -OCH3 is 1. The van der Waals surface area contributed by atoms with Crippen LogP contribution in [0.2, 0.25) is 0 Å². The molecule has 1 heterocycles. The number of alkyl halides is 3. The third-order valence-corrected chi connectivity index (χ3v) is 4.08. The second kappa shape index (κ2) is 9.52. The second-order valence-corrected chi connectivity index (χ2v) is 6.22. The normalized spacial score (nSPS) is 11.2. The average molecular weight is 398 g/mol. The summed E-state index contributed by atoms with van der Waals surface area (Å²) in [6, 6.07) is 5.79. The van der Waals surface area contributed by atoms with E-state index in [1.165, 1.54) is 25.3 Å². The molecule has 0 bridgehead atoms.